The first-order valence-electron chi connectivity index (χ1n) is 6.91. The highest BCUT2D eigenvalue weighted by atomic mass is 19.3. The van der Waals surface area contributed by atoms with Gasteiger partial charge in [-0.3, -0.25) is 0 Å². The smallest absolute Gasteiger partial charge is 0.387 e. The predicted molar refractivity (Wildman–Crippen MR) is 80.8 cm³/mol. The second kappa shape index (κ2) is 7.81. The maximum atomic E-state index is 12.4. The minimum Gasteiger partial charge on any atom is -0.434 e. The van der Waals surface area contributed by atoms with Crippen LogP contribution in [0.4, 0.5) is 8.78 Å². The summed E-state index contributed by atoms with van der Waals surface area (Å²) < 4.78 is 29.2. The summed E-state index contributed by atoms with van der Waals surface area (Å²) in [6.07, 6.45) is 0. The van der Waals surface area contributed by atoms with Gasteiger partial charge in [0.1, 0.15) is 5.75 Å². The summed E-state index contributed by atoms with van der Waals surface area (Å²) in [5, 5.41) is 6.36. The van der Waals surface area contributed by atoms with Crippen molar-refractivity contribution in [3.05, 3.63) is 29.8 Å². The van der Waals surface area contributed by atoms with Crippen molar-refractivity contribution < 1.29 is 13.5 Å². The molecule has 0 saturated carbocycles. The Labute approximate surface area is 124 Å². The fourth-order valence-electron chi connectivity index (χ4n) is 1.67. The van der Waals surface area contributed by atoms with Crippen molar-refractivity contribution in [3.8, 4) is 5.75 Å². The molecular weight excluding hydrogens is 276 g/mol. The lowest BCUT2D eigenvalue weighted by molar-refractivity contribution is -0.0504. The number of rotatable bonds is 5. The number of hydrogen-bond acceptors (Lipinski definition) is 2. The topological polar surface area (TPSA) is 45.7 Å². The van der Waals surface area contributed by atoms with Crippen LogP contribution < -0.4 is 15.4 Å². The van der Waals surface area contributed by atoms with Crippen molar-refractivity contribution in [2.24, 2.45) is 4.99 Å². The summed E-state index contributed by atoms with van der Waals surface area (Å²) in [6, 6.07) is 6.67. The first-order chi connectivity index (χ1) is 9.81. The SMILES string of the molecule is CCNC(=NCc1ccccc1OC(F)F)NC(C)(C)C. The number of nitrogens with one attached hydrogen (secondary N) is 2. The van der Waals surface area contributed by atoms with E-state index >= 15 is 0 Å². The van der Waals surface area contributed by atoms with Gasteiger partial charge in [-0.1, -0.05) is 18.2 Å². The Balaban J connectivity index is 2.84. The third kappa shape index (κ3) is 6.92. The van der Waals surface area contributed by atoms with Gasteiger partial charge in [0.25, 0.3) is 0 Å². The number of alkyl halides is 2. The molecule has 118 valence electrons. The monoisotopic (exact) mass is 299 g/mol. The van der Waals surface area contributed by atoms with Crippen molar-refractivity contribution in [3.63, 3.8) is 0 Å². The maximum Gasteiger partial charge on any atom is 0.387 e. The largest absolute Gasteiger partial charge is 0.434 e. The minimum atomic E-state index is -2.84. The number of nitrogens with zero attached hydrogens (tertiary/aromatic N) is 1. The van der Waals surface area contributed by atoms with Crippen LogP contribution in [0.5, 0.6) is 5.75 Å². The Hall–Kier alpha value is -1.85. The van der Waals surface area contributed by atoms with Gasteiger partial charge in [-0.05, 0) is 33.8 Å². The van der Waals surface area contributed by atoms with E-state index in [-0.39, 0.29) is 17.8 Å². The van der Waals surface area contributed by atoms with Crippen LogP contribution in [-0.4, -0.2) is 24.7 Å². The fourth-order valence-corrected chi connectivity index (χ4v) is 1.67. The van der Waals surface area contributed by atoms with Gasteiger partial charge < -0.3 is 15.4 Å². The van der Waals surface area contributed by atoms with Crippen LogP contribution in [0.15, 0.2) is 29.3 Å². The van der Waals surface area contributed by atoms with Gasteiger partial charge in [0.05, 0.1) is 6.54 Å². The summed E-state index contributed by atoms with van der Waals surface area (Å²) in [5.41, 5.74) is 0.476. The van der Waals surface area contributed by atoms with Gasteiger partial charge in [0, 0.05) is 17.6 Å². The molecule has 0 heterocycles. The van der Waals surface area contributed by atoms with Crippen LogP contribution in [0.3, 0.4) is 0 Å². The number of benzene rings is 1. The number of ether oxygens (including phenoxy) is 1. The quantitative estimate of drug-likeness (QED) is 0.648. The second-order valence-electron chi connectivity index (χ2n) is 5.56. The van der Waals surface area contributed by atoms with Crippen LogP contribution in [0.1, 0.15) is 33.3 Å². The molecular formula is C15H23F2N3O. The van der Waals surface area contributed by atoms with Crippen LogP contribution in [0.2, 0.25) is 0 Å². The fraction of sp³-hybridized carbons (Fsp3) is 0.533. The summed E-state index contributed by atoms with van der Waals surface area (Å²) >= 11 is 0. The lowest BCUT2D eigenvalue weighted by atomic mass is 10.1. The van der Waals surface area contributed by atoms with E-state index in [1.54, 1.807) is 18.2 Å². The molecule has 0 atom stereocenters. The molecule has 1 aromatic rings. The van der Waals surface area contributed by atoms with Gasteiger partial charge in [0.15, 0.2) is 5.96 Å². The van der Waals surface area contributed by atoms with Gasteiger partial charge >= 0.3 is 6.61 Å². The number of hydrogen-bond donors (Lipinski definition) is 2. The number of guanidine groups is 1. The van der Waals surface area contributed by atoms with Crippen molar-refractivity contribution in [1.82, 2.24) is 10.6 Å². The van der Waals surface area contributed by atoms with Crippen molar-refractivity contribution in [2.45, 2.75) is 46.4 Å². The zero-order chi connectivity index (χ0) is 15.9. The lowest BCUT2D eigenvalue weighted by Gasteiger charge is -2.23. The van der Waals surface area contributed by atoms with Crippen molar-refractivity contribution in [1.29, 1.82) is 0 Å². The molecule has 1 rings (SSSR count). The second-order valence-corrected chi connectivity index (χ2v) is 5.56. The number of aliphatic imine (C=N–C) groups is 1. The number of para-hydroxylation sites is 1. The zero-order valence-corrected chi connectivity index (χ0v) is 12.9. The van der Waals surface area contributed by atoms with Gasteiger partial charge in [0.2, 0.25) is 0 Å². The molecule has 0 aliphatic rings. The molecule has 2 N–H and O–H groups in total. The molecule has 0 aliphatic carbocycles. The van der Waals surface area contributed by atoms with Crippen LogP contribution in [0.25, 0.3) is 0 Å². The Kier molecular flexibility index (Phi) is 6.39. The van der Waals surface area contributed by atoms with Crippen LogP contribution in [-0.2, 0) is 6.54 Å². The predicted octanol–water partition coefficient (Wildman–Crippen LogP) is 3.14. The first-order valence-corrected chi connectivity index (χ1v) is 6.91. The van der Waals surface area contributed by atoms with E-state index in [9.17, 15) is 8.78 Å². The van der Waals surface area contributed by atoms with E-state index in [1.165, 1.54) is 6.07 Å². The molecule has 4 nitrogen and oxygen atoms in total. The molecule has 0 amide bonds. The van der Waals surface area contributed by atoms with Gasteiger partial charge in [-0.2, -0.15) is 8.78 Å². The third-order valence-corrected chi connectivity index (χ3v) is 2.43. The van der Waals surface area contributed by atoms with E-state index in [0.29, 0.717) is 11.5 Å². The molecule has 0 spiro atoms. The third-order valence-electron chi connectivity index (χ3n) is 2.43. The first kappa shape index (κ1) is 17.2. The molecule has 6 heteroatoms. The van der Waals surface area contributed by atoms with Gasteiger partial charge in [-0.15, -0.1) is 0 Å². The molecule has 0 aromatic heterocycles. The summed E-state index contributed by atoms with van der Waals surface area (Å²) in [6.45, 7) is 6.17. The molecule has 0 aliphatic heterocycles. The maximum absolute atomic E-state index is 12.4. The highest BCUT2D eigenvalue weighted by Gasteiger charge is 2.12. The Morgan fingerprint density at radius 2 is 1.95 bits per heavy atom. The highest BCUT2D eigenvalue weighted by Crippen LogP contribution is 2.20. The highest BCUT2D eigenvalue weighted by molar-refractivity contribution is 5.80. The molecule has 0 fully saturated rings. The number of halogens is 2. The summed E-state index contributed by atoms with van der Waals surface area (Å²) in [7, 11) is 0. The van der Waals surface area contributed by atoms with Gasteiger partial charge in [-0.25, -0.2) is 4.99 Å². The van der Waals surface area contributed by atoms with E-state index in [1.807, 2.05) is 27.7 Å². The Morgan fingerprint density at radius 3 is 2.52 bits per heavy atom. The summed E-state index contributed by atoms with van der Waals surface area (Å²) in [5.74, 6) is 0.791. The Bertz CT molecular complexity index is 470. The van der Waals surface area contributed by atoms with E-state index in [4.69, 9.17) is 0 Å². The minimum absolute atomic E-state index is 0.139. The molecule has 0 unspecified atom stereocenters. The van der Waals surface area contributed by atoms with Crippen LogP contribution >= 0.6 is 0 Å². The Morgan fingerprint density at radius 1 is 1.29 bits per heavy atom. The molecule has 0 radical (unpaired) electrons. The normalized spacial score (nSPS) is 12.4. The van der Waals surface area contributed by atoms with Crippen molar-refractivity contribution >= 4 is 5.96 Å². The molecule has 21 heavy (non-hydrogen) atoms. The average molecular weight is 299 g/mol. The molecule has 0 saturated heterocycles. The summed E-state index contributed by atoms with van der Waals surface area (Å²) in [4.78, 5) is 4.41. The standard InChI is InChI=1S/C15H23F2N3O/c1-5-18-14(20-15(2,3)4)19-10-11-8-6-7-9-12(11)21-13(16)17/h6-9,13H,5,10H2,1-4H3,(H2,18,19,20). The lowest BCUT2D eigenvalue weighted by Crippen LogP contribution is -2.47. The van der Waals surface area contributed by atoms with Crippen LogP contribution in [0, 0.1) is 0 Å². The van der Waals surface area contributed by atoms with E-state index < -0.39 is 6.61 Å². The van der Waals surface area contributed by atoms with E-state index in [2.05, 4.69) is 20.4 Å². The average Bonchev–Trinajstić information content (AvgIpc) is 2.35. The van der Waals surface area contributed by atoms with Crippen molar-refractivity contribution in [2.75, 3.05) is 6.54 Å². The molecule has 0 bridgehead atoms. The molecule has 1 aromatic carbocycles. The zero-order valence-electron chi connectivity index (χ0n) is 12.9. The van der Waals surface area contributed by atoms with E-state index in [0.717, 1.165) is 6.54 Å².